The zero-order valence-corrected chi connectivity index (χ0v) is 14.5. The van der Waals surface area contributed by atoms with Crippen LogP contribution in [0.2, 0.25) is 0 Å². The Morgan fingerprint density at radius 2 is 2.05 bits per heavy atom. The van der Waals surface area contributed by atoms with E-state index in [-0.39, 0.29) is 5.56 Å². The predicted molar refractivity (Wildman–Crippen MR) is 92.3 cm³/mol. The lowest BCUT2D eigenvalue weighted by molar-refractivity contribution is 0.261. The highest BCUT2D eigenvalue weighted by Crippen LogP contribution is 2.19. The van der Waals surface area contributed by atoms with Crippen LogP contribution in [0.25, 0.3) is 0 Å². The van der Waals surface area contributed by atoms with Crippen LogP contribution in [0.5, 0.6) is 0 Å². The minimum absolute atomic E-state index is 0.223. The van der Waals surface area contributed by atoms with Gasteiger partial charge in [-0.1, -0.05) is 27.2 Å². The Balaban J connectivity index is 2.33. The van der Waals surface area contributed by atoms with Crippen molar-refractivity contribution in [1.82, 2.24) is 14.8 Å². The molecular formula is C18H31N3O. The van der Waals surface area contributed by atoms with E-state index in [1.165, 1.54) is 11.3 Å². The summed E-state index contributed by atoms with van der Waals surface area (Å²) >= 11 is 0. The molecule has 0 fully saturated rings. The van der Waals surface area contributed by atoms with Crippen molar-refractivity contribution in [3.63, 3.8) is 0 Å². The molecule has 1 aliphatic heterocycles. The van der Waals surface area contributed by atoms with Gasteiger partial charge in [0, 0.05) is 43.9 Å². The number of hydrogen-bond donors (Lipinski definition) is 1. The van der Waals surface area contributed by atoms with Gasteiger partial charge >= 0.3 is 0 Å². The van der Waals surface area contributed by atoms with Crippen molar-refractivity contribution in [2.75, 3.05) is 19.6 Å². The SMILES string of the molecule is CCCCn1c2c(cc(CNCCC)c1=O)CN(CC)CC2. The van der Waals surface area contributed by atoms with Crippen LogP contribution in [0.1, 0.15) is 56.9 Å². The number of nitrogens with zero attached hydrogens (tertiary/aromatic N) is 2. The first-order chi connectivity index (χ1) is 10.7. The average Bonchev–Trinajstić information content (AvgIpc) is 2.54. The molecule has 1 aliphatic rings. The topological polar surface area (TPSA) is 37.3 Å². The molecule has 0 amide bonds. The van der Waals surface area contributed by atoms with Crippen molar-refractivity contribution in [2.24, 2.45) is 0 Å². The minimum Gasteiger partial charge on any atom is -0.312 e. The van der Waals surface area contributed by atoms with E-state index >= 15 is 0 Å². The molecule has 0 unspecified atom stereocenters. The van der Waals surface area contributed by atoms with E-state index in [9.17, 15) is 4.79 Å². The smallest absolute Gasteiger partial charge is 0.255 e. The first kappa shape index (κ1) is 17.2. The summed E-state index contributed by atoms with van der Waals surface area (Å²) in [5, 5.41) is 3.38. The van der Waals surface area contributed by atoms with Crippen LogP contribution in [0.4, 0.5) is 0 Å². The standard InChI is InChI=1S/C18H31N3O/c1-4-7-10-21-17-8-11-20(6-3)14-16(17)12-15(18(21)22)13-19-9-5-2/h12,19H,4-11,13-14H2,1-3H3. The van der Waals surface area contributed by atoms with E-state index in [0.717, 1.165) is 64.0 Å². The van der Waals surface area contributed by atoms with Crippen molar-refractivity contribution in [3.8, 4) is 0 Å². The average molecular weight is 305 g/mol. The van der Waals surface area contributed by atoms with E-state index in [2.05, 4.69) is 41.6 Å². The van der Waals surface area contributed by atoms with Crippen LogP contribution in [-0.4, -0.2) is 29.1 Å². The number of likely N-dealkylation sites (N-methyl/N-ethyl adjacent to an activating group) is 1. The molecule has 0 aromatic carbocycles. The number of pyridine rings is 1. The fourth-order valence-corrected chi connectivity index (χ4v) is 3.19. The van der Waals surface area contributed by atoms with Crippen LogP contribution >= 0.6 is 0 Å². The van der Waals surface area contributed by atoms with Crippen molar-refractivity contribution < 1.29 is 0 Å². The Morgan fingerprint density at radius 3 is 2.73 bits per heavy atom. The zero-order chi connectivity index (χ0) is 15.9. The maximum absolute atomic E-state index is 12.8. The van der Waals surface area contributed by atoms with E-state index in [0.29, 0.717) is 6.54 Å². The molecule has 2 heterocycles. The molecule has 0 saturated carbocycles. The number of aromatic nitrogens is 1. The van der Waals surface area contributed by atoms with Crippen LogP contribution in [0.15, 0.2) is 10.9 Å². The summed E-state index contributed by atoms with van der Waals surface area (Å²) in [5.41, 5.74) is 3.79. The van der Waals surface area contributed by atoms with Gasteiger partial charge in [0.25, 0.3) is 5.56 Å². The largest absolute Gasteiger partial charge is 0.312 e. The Bertz CT molecular complexity index is 536. The van der Waals surface area contributed by atoms with Gasteiger partial charge in [-0.2, -0.15) is 0 Å². The number of unbranched alkanes of at least 4 members (excludes halogenated alkanes) is 1. The molecule has 0 bridgehead atoms. The molecule has 1 aromatic heterocycles. The van der Waals surface area contributed by atoms with E-state index in [1.54, 1.807) is 0 Å². The molecule has 0 radical (unpaired) electrons. The highest BCUT2D eigenvalue weighted by atomic mass is 16.1. The number of fused-ring (bicyclic) bond motifs is 1. The highest BCUT2D eigenvalue weighted by molar-refractivity contribution is 5.29. The van der Waals surface area contributed by atoms with Gasteiger partial charge in [0.2, 0.25) is 0 Å². The number of hydrogen-bond acceptors (Lipinski definition) is 3. The van der Waals surface area contributed by atoms with Gasteiger partial charge < -0.3 is 9.88 Å². The Hall–Kier alpha value is -1.13. The van der Waals surface area contributed by atoms with E-state index in [1.807, 2.05) is 0 Å². The molecule has 2 rings (SSSR count). The van der Waals surface area contributed by atoms with Crippen molar-refractivity contribution >= 4 is 0 Å². The van der Waals surface area contributed by atoms with Gasteiger partial charge in [0.1, 0.15) is 0 Å². The van der Waals surface area contributed by atoms with Crippen LogP contribution in [0, 0.1) is 0 Å². The summed E-state index contributed by atoms with van der Waals surface area (Å²) < 4.78 is 2.06. The van der Waals surface area contributed by atoms with Gasteiger partial charge in [0.15, 0.2) is 0 Å². The Morgan fingerprint density at radius 1 is 1.23 bits per heavy atom. The monoisotopic (exact) mass is 305 g/mol. The second kappa shape index (κ2) is 8.49. The van der Waals surface area contributed by atoms with Gasteiger partial charge in [-0.05, 0) is 37.6 Å². The summed E-state index contributed by atoms with van der Waals surface area (Å²) in [6.07, 6.45) is 4.31. The predicted octanol–water partition coefficient (Wildman–Crippen LogP) is 2.53. The number of rotatable bonds is 8. The molecular weight excluding hydrogens is 274 g/mol. The lowest BCUT2D eigenvalue weighted by Crippen LogP contribution is -2.37. The van der Waals surface area contributed by atoms with Gasteiger partial charge in [0.05, 0.1) is 0 Å². The first-order valence-electron chi connectivity index (χ1n) is 8.88. The molecule has 0 aliphatic carbocycles. The Labute approximate surface area is 134 Å². The molecule has 0 saturated heterocycles. The summed E-state index contributed by atoms with van der Waals surface area (Å²) in [4.78, 5) is 15.3. The fraction of sp³-hybridized carbons (Fsp3) is 0.722. The van der Waals surface area contributed by atoms with Crippen LogP contribution in [0.3, 0.4) is 0 Å². The normalized spacial score (nSPS) is 15.0. The lowest BCUT2D eigenvalue weighted by Gasteiger charge is -2.30. The molecule has 4 nitrogen and oxygen atoms in total. The molecule has 1 aromatic rings. The fourth-order valence-electron chi connectivity index (χ4n) is 3.19. The van der Waals surface area contributed by atoms with E-state index < -0.39 is 0 Å². The van der Waals surface area contributed by atoms with Crippen molar-refractivity contribution in [3.05, 3.63) is 33.2 Å². The summed E-state index contributed by atoms with van der Waals surface area (Å²) in [7, 11) is 0. The first-order valence-corrected chi connectivity index (χ1v) is 8.88. The molecule has 1 N–H and O–H groups in total. The zero-order valence-electron chi connectivity index (χ0n) is 14.5. The third-order valence-electron chi connectivity index (χ3n) is 4.55. The second-order valence-corrected chi connectivity index (χ2v) is 6.25. The molecule has 0 spiro atoms. The maximum atomic E-state index is 12.8. The summed E-state index contributed by atoms with van der Waals surface area (Å²) in [6.45, 7) is 12.2. The minimum atomic E-state index is 0.223. The molecule has 4 heteroatoms. The lowest BCUT2D eigenvalue weighted by atomic mass is 10.0. The molecule has 124 valence electrons. The van der Waals surface area contributed by atoms with E-state index in [4.69, 9.17) is 0 Å². The quantitative estimate of drug-likeness (QED) is 0.750. The second-order valence-electron chi connectivity index (χ2n) is 6.25. The van der Waals surface area contributed by atoms with Gasteiger partial charge in [-0.3, -0.25) is 9.69 Å². The summed E-state index contributed by atoms with van der Waals surface area (Å²) in [5.74, 6) is 0. The number of nitrogens with one attached hydrogen (secondary N) is 1. The highest BCUT2D eigenvalue weighted by Gasteiger charge is 2.20. The van der Waals surface area contributed by atoms with Crippen molar-refractivity contribution in [1.29, 1.82) is 0 Å². The maximum Gasteiger partial charge on any atom is 0.255 e. The molecule has 0 atom stereocenters. The van der Waals surface area contributed by atoms with Crippen LogP contribution in [-0.2, 0) is 26.1 Å². The van der Waals surface area contributed by atoms with Gasteiger partial charge in [-0.25, -0.2) is 0 Å². The summed E-state index contributed by atoms with van der Waals surface area (Å²) in [6, 6.07) is 2.16. The third kappa shape index (κ3) is 3.99. The van der Waals surface area contributed by atoms with Crippen molar-refractivity contribution in [2.45, 2.75) is 66.1 Å². The van der Waals surface area contributed by atoms with Crippen LogP contribution < -0.4 is 10.9 Å². The Kier molecular flexibility index (Phi) is 6.65. The third-order valence-corrected chi connectivity index (χ3v) is 4.55. The molecule has 22 heavy (non-hydrogen) atoms. The van der Waals surface area contributed by atoms with Gasteiger partial charge in [-0.15, -0.1) is 0 Å².